The molecular formula is C53H61N3S8. The summed E-state index contributed by atoms with van der Waals surface area (Å²) in [7, 11) is 6.72. The Hall–Kier alpha value is -3.26. The van der Waals surface area contributed by atoms with Crippen molar-refractivity contribution >= 4 is 105 Å². The molecule has 64 heavy (non-hydrogen) atoms. The number of thiol groups is 1. The first-order chi connectivity index (χ1) is 31.1. The van der Waals surface area contributed by atoms with Crippen molar-refractivity contribution in [1.82, 2.24) is 14.7 Å². The zero-order valence-corrected chi connectivity index (χ0v) is 43.9. The molecule has 0 aromatic heterocycles. The van der Waals surface area contributed by atoms with Crippen LogP contribution in [-0.2, 0) is 39.3 Å². The SMILES string of the molecule is CC(C)CS.CC(C)CSSC(=S)N(Cc1ccccc1)Cc1ccccc1.S=C(SSC(=S)N(Cc1ccccc1)Cc1ccccc1)N(Cc1ccccc1)Cc1ccccc1. The van der Waals surface area contributed by atoms with Crippen LogP contribution in [0.2, 0.25) is 0 Å². The first-order valence-electron chi connectivity index (χ1n) is 21.4. The summed E-state index contributed by atoms with van der Waals surface area (Å²) in [5.74, 6) is 3.56. The minimum atomic E-state index is 0.687. The first kappa shape index (κ1) is 53.4. The Kier molecular flexibility index (Phi) is 26.4. The van der Waals surface area contributed by atoms with E-state index in [1.165, 1.54) is 33.4 Å². The van der Waals surface area contributed by atoms with Crippen molar-refractivity contribution in [3.63, 3.8) is 0 Å². The van der Waals surface area contributed by atoms with Crippen molar-refractivity contribution in [2.45, 2.75) is 67.0 Å². The summed E-state index contributed by atoms with van der Waals surface area (Å²) in [6.45, 7) is 13.5. The molecule has 0 amide bonds. The zero-order valence-electron chi connectivity index (χ0n) is 37.3. The monoisotopic (exact) mass is 995 g/mol. The zero-order chi connectivity index (χ0) is 45.8. The second-order valence-corrected chi connectivity index (χ2v) is 22.5. The normalized spacial score (nSPS) is 10.5. The van der Waals surface area contributed by atoms with Gasteiger partial charge in [-0.15, -0.1) is 0 Å². The largest absolute Gasteiger partial charge is 0.348 e. The van der Waals surface area contributed by atoms with Crippen molar-refractivity contribution in [1.29, 1.82) is 0 Å². The molecule has 0 N–H and O–H groups in total. The fourth-order valence-electron chi connectivity index (χ4n) is 5.83. The van der Waals surface area contributed by atoms with E-state index in [4.69, 9.17) is 36.7 Å². The molecule has 0 bridgehead atoms. The van der Waals surface area contributed by atoms with Crippen molar-refractivity contribution in [2.24, 2.45) is 11.8 Å². The van der Waals surface area contributed by atoms with Gasteiger partial charge in [0.25, 0.3) is 0 Å². The van der Waals surface area contributed by atoms with Gasteiger partial charge in [0, 0.05) is 45.0 Å². The summed E-state index contributed by atoms with van der Waals surface area (Å²) in [5.41, 5.74) is 7.52. The second-order valence-electron chi connectivity index (χ2n) is 15.8. The molecule has 0 fully saturated rings. The fourth-order valence-corrected chi connectivity index (χ4v) is 11.2. The van der Waals surface area contributed by atoms with Gasteiger partial charge >= 0.3 is 0 Å². The molecule has 0 atom stereocenters. The number of thiocarbonyl (C=S) groups is 3. The van der Waals surface area contributed by atoms with Crippen LogP contribution in [-0.4, -0.2) is 39.2 Å². The standard InChI is InChI=1S/C30H28N2S4.C19H23NS3.C4H10S/c33-29(31(21-25-13-5-1-6-14-25)22-26-15-7-2-8-16-26)35-36-30(34)32(23-27-17-9-3-10-18-27)24-28-19-11-4-12-20-28;1-16(2)15-22-23-19(21)20(13-17-9-5-3-6-10-17)14-18-11-7-4-8-12-18;1-4(2)3-5/h1-20H,21-24H2;3-12,16H,13-15H2,1-2H3;4-5H,3H2,1-2H3. The highest BCUT2D eigenvalue weighted by molar-refractivity contribution is 8.89. The Morgan fingerprint density at radius 3 is 0.766 bits per heavy atom. The van der Waals surface area contributed by atoms with Crippen LogP contribution < -0.4 is 0 Å². The Balaban J connectivity index is 0.000000274. The van der Waals surface area contributed by atoms with Crippen LogP contribution >= 0.6 is 92.5 Å². The van der Waals surface area contributed by atoms with Gasteiger partial charge < -0.3 is 14.7 Å². The third kappa shape index (κ3) is 22.3. The van der Waals surface area contributed by atoms with Crippen molar-refractivity contribution in [2.75, 3.05) is 11.5 Å². The average molecular weight is 997 g/mol. The molecule has 0 aliphatic carbocycles. The molecule has 0 radical (unpaired) electrons. The maximum Gasteiger partial charge on any atom is 0.148 e. The molecule has 336 valence electrons. The highest BCUT2D eigenvalue weighted by Gasteiger charge is 2.18. The van der Waals surface area contributed by atoms with Crippen molar-refractivity contribution < 1.29 is 0 Å². The molecule has 0 aliphatic heterocycles. The van der Waals surface area contributed by atoms with E-state index in [0.29, 0.717) is 5.92 Å². The molecule has 0 aliphatic rings. The van der Waals surface area contributed by atoms with Crippen LogP contribution in [0.5, 0.6) is 0 Å². The van der Waals surface area contributed by atoms with Crippen LogP contribution in [0.15, 0.2) is 182 Å². The number of nitrogens with zero attached hydrogens (tertiary/aromatic N) is 3. The Morgan fingerprint density at radius 1 is 0.375 bits per heavy atom. The van der Waals surface area contributed by atoms with Crippen LogP contribution in [0.25, 0.3) is 0 Å². The van der Waals surface area contributed by atoms with Gasteiger partial charge in [-0.25, -0.2) is 0 Å². The van der Waals surface area contributed by atoms with E-state index >= 15 is 0 Å². The number of rotatable bonds is 16. The predicted molar refractivity (Wildman–Crippen MR) is 303 cm³/mol. The van der Waals surface area contributed by atoms with E-state index in [2.05, 4.69) is 213 Å². The molecule has 6 aromatic carbocycles. The molecule has 0 unspecified atom stereocenters. The summed E-state index contributed by atoms with van der Waals surface area (Å²) in [6, 6.07) is 63.0. The minimum Gasteiger partial charge on any atom is -0.348 e. The summed E-state index contributed by atoms with van der Waals surface area (Å²) in [5, 5.41) is 0. The Labute approximate surface area is 422 Å². The van der Waals surface area contributed by atoms with Crippen LogP contribution in [0.3, 0.4) is 0 Å². The lowest BCUT2D eigenvalue weighted by Crippen LogP contribution is -2.28. The lowest BCUT2D eigenvalue weighted by Gasteiger charge is -2.27. The van der Waals surface area contributed by atoms with E-state index in [1.807, 2.05) is 35.1 Å². The first-order valence-corrected chi connectivity index (χ1v) is 27.8. The number of hydrogen-bond acceptors (Lipinski definition) is 8. The second kappa shape index (κ2) is 31.6. The number of hydrogen-bond donors (Lipinski definition) is 1. The number of benzene rings is 6. The van der Waals surface area contributed by atoms with Gasteiger partial charge in [-0.2, -0.15) is 12.6 Å². The molecule has 3 nitrogen and oxygen atoms in total. The molecule has 11 heteroatoms. The van der Waals surface area contributed by atoms with Gasteiger partial charge in [-0.05, 0) is 83.4 Å². The van der Waals surface area contributed by atoms with Crippen LogP contribution in [0, 0.1) is 11.8 Å². The summed E-state index contributed by atoms with van der Waals surface area (Å²) >= 11 is 21.6. The molecule has 6 aromatic rings. The van der Waals surface area contributed by atoms with Gasteiger partial charge in [0.2, 0.25) is 0 Å². The lowest BCUT2D eigenvalue weighted by atomic mass is 10.2. The van der Waals surface area contributed by atoms with Gasteiger partial charge in [0.1, 0.15) is 13.0 Å². The maximum atomic E-state index is 5.93. The summed E-state index contributed by atoms with van der Waals surface area (Å²) in [4.78, 5) is 6.79. The summed E-state index contributed by atoms with van der Waals surface area (Å²) < 4.78 is 2.62. The van der Waals surface area contributed by atoms with E-state index in [9.17, 15) is 0 Å². The third-order valence-corrected chi connectivity index (χ3v) is 17.0. The lowest BCUT2D eigenvalue weighted by molar-refractivity contribution is 0.421. The van der Waals surface area contributed by atoms with E-state index < -0.39 is 0 Å². The highest BCUT2D eigenvalue weighted by Crippen LogP contribution is 2.32. The van der Waals surface area contributed by atoms with Gasteiger partial charge in [-0.3, -0.25) is 0 Å². The Morgan fingerprint density at radius 2 is 0.578 bits per heavy atom. The molecular weight excluding hydrogens is 935 g/mol. The third-order valence-electron chi connectivity index (χ3n) is 9.15. The summed E-state index contributed by atoms with van der Waals surface area (Å²) in [6.07, 6.45) is 0. The highest BCUT2D eigenvalue weighted by atomic mass is 33.1. The van der Waals surface area contributed by atoms with Crippen LogP contribution in [0.1, 0.15) is 61.1 Å². The van der Waals surface area contributed by atoms with Gasteiger partial charge in [0.05, 0.1) is 0 Å². The van der Waals surface area contributed by atoms with E-state index in [-0.39, 0.29) is 0 Å². The van der Waals surface area contributed by atoms with E-state index in [1.54, 1.807) is 32.4 Å². The molecule has 6 rings (SSSR count). The van der Waals surface area contributed by atoms with E-state index in [0.717, 1.165) is 69.7 Å². The smallest absolute Gasteiger partial charge is 0.148 e. The molecule has 0 heterocycles. The van der Waals surface area contributed by atoms with Crippen molar-refractivity contribution in [3.8, 4) is 0 Å². The average Bonchev–Trinajstić information content (AvgIpc) is 3.32. The van der Waals surface area contributed by atoms with Crippen LogP contribution in [0.4, 0.5) is 0 Å². The Bertz CT molecular complexity index is 1940. The van der Waals surface area contributed by atoms with Gasteiger partial charge in [0.15, 0.2) is 0 Å². The quantitative estimate of drug-likeness (QED) is 0.0568. The topological polar surface area (TPSA) is 9.72 Å². The molecule has 0 spiro atoms. The maximum absolute atomic E-state index is 5.93. The van der Waals surface area contributed by atoms with Gasteiger partial charge in [-0.1, -0.05) is 257 Å². The molecule has 0 saturated carbocycles. The molecule has 0 saturated heterocycles. The minimum absolute atomic E-state index is 0.687. The fraction of sp³-hybridized carbons (Fsp3) is 0.264. The predicted octanol–water partition coefficient (Wildman–Crippen LogP) is 15.9. The van der Waals surface area contributed by atoms with Crippen molar-refractivity contribution in [3.05, 3.63) is 215 Å².